The lowest BCUT2D eigenvalue weighted by molar-refractivity contribution is -0.138. The number of fused-ring (bicyclic) bond motifs is 1. The van der Waals surface area contributed by atoms with Crippen LogP contribution in [-0.4, -0.2) is 29.2 Å². The lowest BCUT2D eigenvalue weighted by Gasteiger charge is -2.23. The van der Waals surface area contributed by atoms with Crippen LogP contribution in [0, 0.1) is 18.6 Å². The number of halogens is 5. The second kappa shape index (κ2) is 12.5. The summed E-state index contributed by atoms with van der Waals surface area (Å²) in [6, 6.07) is 15.5. The normalized spacial score (nSPS) is 15.0. The molecule has 5 nitrogen and oxygen atoms in total. The van der Waals surface area contributed by atoms with Gasteiger partial charge < -0.3 is 9.57 Å². The lowest BCUT2D eigenvalue weighted by atomic mass is 9.92. The molecule has 1 aliphatic rings. The maximum absolute atomic E-state index is 16.0. The van der Waals surface area contributed by atoms with Gasteiger partial charge in [-0.2, -0.15) is 13.2 Å². The van der Waals surface area contributed by atoms with Crippen molar-refractivity contribution in [2.75, 3.05) is 12.9 Å². The molecule has 0 radical (unpaired) electrons. The van der Waals surface area contributed by atoms with E-state index in [2.05, 4.69) is 5.16 Å². The minimum absolute atomic E-state index is 0.0577. The molecule has 0 aliphatic carbocycles. The van der Waals surface area contributed by atoms with Crippen molar-refractivity contribution in [2.45, 2.75) is 50.5 Å². The zero-order valence-corrected chi connectivity index (χ0v) is 25.2. The largest absolute Gasteiger partial charge is 0.488 e. The fourth-order valence-corrected chi connectivity index (χ4v) is 6.84. The summed E-state index contributed by atoms with van der Waals surface area (Å²) in [7, 11) is 1.37. The third-order valence-corrected chi connectivity index (χ3v) is 8.57. The Labute approximate surface area is 255 Å². The van der Waals surface area contributed by atoms with E-state index in [0.717, 1.165) is 18.2 Å². The van der Waals surface area contributed by atoms with Crippen molar-refractivity contribution in [3.8, 4) is 16.9 Å². The van der Waals surface area contributed by atoms with Crippen LogP contribution in [0.15, 0.2) is 81.7 Å². The minimum atomic E-state index is -4.82. The van der Waals surface area contributed by atoms with E-state index in [4.69, 9.17) is 9.57 Å². The van der Waals surface area contributed by atoms with Gasteiger partial charge >= 0.3 is 6.18 Å². The average Bonchev–Trinajstić information content (AvgIpc) is 3.41. The average molecular weight is 629 g/mol. The van der Waals surface area contributed by atoms with Gasteiger partial charge in [-0.3, -0.25) is 9.36 Å². The van der Waals surface area contributed by atoms with Crippen molar-refractivity contribution in [1.82, 2.24) is 4.57 Å². The van der Waals surface area contributed by atoms with E-state index in [9.17, 15) is 18.0 Å². The lowest BCUT2D eigenvalue weighted by Crippen LogP contribution is -2.32. The van der Waals surface area contributed by atoms with E-state index >= 15 is 8.78 Å². The fourth-order valence-electron chi connectivity index (χ4n) is 5.47. The van der Waals surface area contributed by atoms with Crippen molar-refractivity contribution in [1.29, 1.82) is 0 Å². The molecule has 44 heavy (non-hydrogen) atoms. The number of aromatic nitrogens is 1. The van der Waals surface area contributed by atoms with Gasteiger partial charge in [-0.05, 0) is 50.1 Å². The molecule has 1 aromatic heterocycles. The van der Waals surface area contributed by atoms with Gasteiger partial charge in [0.25, 0.3) is 5.56 Å². The molecule has 3 aromatic carbocycles. The zero-order valence-electron chi connectivity index (χ0n) is 24.3. The summed E-state index contributed by atoms with van der Waals surface area (Å²) in [5.74, 6) is -1.61. The summed E-state index contributed by atoms with van der Waals surface area (Å²) in [4.78, 5) is 19.6. The molecule has 1 aliphatic heterocycles. The highest BCUT2D eigenvalue weighted by molar-refractivity contribution is 7.99. The molecule has 0 saturated heterocycles. The Bertz CT molecular complexity index is 1790. The Kier molecular flexibility index (Phi) is 8.88. The van der Waals surface area contributed by atoms with Crippen LogP contribution in [0.2, 0.25) is 0 Å². The predicted octanol–water partition coefficient (Wildman–Crippen LogP) is 8.20. The quantitative estimate of drug-likeness (QED) is 0.112. The highest BCUT2D eigenvalue weighted by atomic mass is 32.2. The molecule has 0 spiro atoms. The van der Waals surface area contributed by atoms with Gasteiger partial charge in [0.05, 0.1) is 28.3 Å². The molecule has 0 fully saturated rings. The van der Waals surface area contributed by atoms with Gasteiger partial charge in [0.2, 0.25) is 0 Å². The number of nitrogens with zero attached hydrogens (tertiary/aromatic N) is 2. The van der Waals surface area contributed by atoms with E-state index in [1.165, 1.54) is 35.6 Å². The topological polar surface area (TPSA) is 52.8 Å². The fraction of sp³-hybridized carbons (Fsp3) is 0.273. The summed E-state index contributed by atoms with van der Waals surface area (Å²) < 4.78 is 80.3. The molecule has 1 atom stereocenters. The van der Waals surface area contributed by atoms with Crippen LogP contribution in [0.1, 0.15) is 47.7 Å². The number of benzene rings is 3. The molecule has 0 saturated carbocycles. The summed E-state index contributed by atoms with van der Waals surface area (Å²) in [6.07, 6.45) is -5.67. The van der Waals surface area contributed by atoms with E-state index in [1.807, 2.05) is 6.07 Å². The van der Waals surface area contributed by atoms with Crippen molar-refractivity contribution < 1.29 is 31.5 Å². The van der Waals surface area contributed by atoms with Crippen molar-refractivity contribution in [3.63, 3.8) is 0 Å². The first-order chi connectivity index (χ1) is 20.9. The van der Waals surface area contributed by atoms with Crippen LogP contribution in [0.3, 0.4) is 0 Å². The smallest absolute Gasteiger partial charge is 0.416 e. The summed E-state index contributed by atoms with van der Waals surface area (Å²) in [5, 5.41) is 4.57. The van der Waals surface area contributed by atoms with Crippen LogP contribution in [0.4, 0.5) is 22.0 Å². The van der Waals surface area contributed by atoms with Crippen LogP contribution in [-0.2, 0) is 17.4 Å². The molecular weight excluding hydrogens is 599 g/mol. The number of rotatable bonds is 8. The van der Waals surface area contributed by atoms with E-state index in [1.54, 1.807) is 51.1 Å². The second-order valence-electron chi connectivity index (χ2n) is 10.5. The predicted molar refractivity (Wildman–Crippen MR) is 161 cm³/mol. The second-order valence-corrected chi connectivity index (χ2v) is 11.5. The Hall–Kier alpha value is -4.12. The monoisotopic (exact) mass is 628 g/mol. The molecule has 0 bridgehead atoms. The summed E-state index contributed by atoms with van der Waals surface area (Å²) >= 11 is 1.24. The van der Waals surface area contributed by atoms with Crippen molar-refractivity contribution in [2.24, 2.45) is 5.16 Å². The van der Waals surface area contributed by atoms with Gasteiger partial charge in [-0.15, -0.1) is 11.8 Å². The number of oxime groups is 1. The molecule has 2 heterocycles. The first-order valence-corrected chi connectivity index (χ1v) is 14.8. The number of ether oxygens (including phenoxy) is 1. The molecular formula is C33H29F5N2O3S. The van der Waals surface area contributed by atoms with Crippen LogP contribution in [0.5, 0.6) is 5.75 Å². The number of thioether (sulfide) groups is 1. The van der Waals surface area contributed by atoms with E-state index in [-0.39, 0.29) is 39.9 Å². The van der Waals surface area contributed by atoms with Gasteiger partial charge in [-0.25, -0.2) is 8.78 Å². The third-order valence-electron chi connectivity index (χ3n) is 7.37. The van der Waals surface area contributed by atoms with Crippen molar-refractivity contribution >= 4 is 17.5 Å². The van der Waals surface area contributed by atoms with Crippen LogP contribution < -0.4 is 10.3 Å². The maximum atomic E-state index is 16.0. The molecule has 0 amide bonds. The van der Waals surface area contributed by atoms with Crippen molar-refractivity contribution in [3.05, 3.63) is 117 Å². The number of alkyl halides is 3. The van der Waals surface area contributed by atoms with Crippen LogP contribution in [0.25, 0.3) is 11.1 Å². The highest BCUT2D eigenvalue weighted by Gasteiger charge is 2.38. The third kappa shape index (κ3) is 5.85. The Morgan fingerprint density at radius 1 is 1.02 bits per heavy atom. The number of hydrogen-bond acceptors (Lipinski definition) is 5. The Balaban J connectivity index is 1.82. The first kappa shape index (κ1) is 31.3. The van der Waals surface area contributed by atoms with Gasteiger partial charge in [0.15, 0.2) is 11.6 Å². The Morgan fingerprint density at radius 2 is 1.73 bits per heavy atom. The standard InChI is InChI=1S/C33H29F5N2O3S/c1-18(2)43-27-15-8-12-21(29(27)35)28-19(3)22(16-23-24(33(36,37)38)13-9-14-25(23)34)32-40(31(28)41)26(17-44-32)30(39-42-4)20-10-6-5-7-11-20/h5-15,18,26H,16-17H2,1-4H3. The van der Waals surface area contributed by atoms with Crippen LogP contribution >= 0.6 is 11.8 Å². The minimum Gasteiger partial charge on any atom is -0.488 e. The number of hydrogen-bond donors (Lipinski definition) is 0. The molecule has 4 aromatic rings. The molecule has 1 unspecified atom stereocenters. The summed E-state index contributed by atoms with van der Waals surface area (Å²) in [6.45, 7) is 5.01. The zero-order chi connectivity index (χ0) is 31.8. The van der Waals surface area contributed by atoms with Gasteiger partial charge in [-0.1, -0.05) is 53.7 Å². The van der Waals surface area contributed by atoms with E-state index in [0.29, 0.717) is 16.3 Å². The SMILES string of the molecule is CON=C(c1ccccc1)C1CSc2c(Cc3c(F)cccc3C(F)(F)F)c(C)c(-c3cccc(OC(C)C)c3F)c(=O)n21. The first-order valence-electron chi connectivity index (χ1n) is 13.8. The molecule has 0 N–H and O–H groups in total. The molecule has 11 heteroatoms. The van der Waals surface area contributed by atoms with Gasteiger partial charge in [0, 0.05) is 28.9 Å². The summed E-state index contributed by atoms with van der Waals surface area (Å²) in [5.41, 5.74) is -0.792. The molecule has 230 valence electrons. The number of pyridine rings is 1. The Morgan fingerprint density at radius 3 is 2.39 bits per heavy atom. The maximum Gasteiger partial charge on any atom is 0.416 e. The highest BCUT2D eigenvalue weighted by Crippen LogP contribution is 2.43. The van der Waals surface area contributed by atoms with Gasteiger partial charge in [0.1, 0.15) is 18.6 Å². The van der Waals surface area contributed by atoms with E-state index < -0.39 is 47.0 Å². The molecule has 5 rings (SSSR count).